The largest absolute Gasteiger partial charge is 0.465 e. The fourth-order valence-electron chi connectivity index (χ4n) is 4.85. The zero-order valence-corrected chi connectivity index (χ0v) is 23.3. The zero-order chi connectivity index (χ0) is 30.3. The van der Waals surface area contributed by atoms with Crippen LogP contribution in [-0.4, -0.2) is 62.6 Å². The van der Waals surface area contributed by atoms with Gasteiger partial charge in [0.25, 0.3) is 0 Å². The maximum Gasteiger partial charge on any atom is 0.421 e. The second-order valence-corrected chi connectivity index (χ2v) is 9.98. The van der Waals surface area contributed by atoms with Crippen LogP contribution in [-0.2, 0) is 31.8 Å². The molecule has 226 valence electrons. The Hall–Kier alpha value is -3.29. The summed E-state index contributed by atoms with van der Waals surface area (Å²) in [5.74, 6) is -4.20. The summed E-state index contributed by atoms with van der Waals surface area (Å²) in [5, 5.41) is 9.22. The number of hydrogen-bond acceptors (Lipinski definition) is 8. The van der Waals surface area contributed by atoms with Gasteiger partial charge in [-0.05, 0) is 43.2 Å². The van der Waals surface area contributed by atoms with Gasteiger partial charge in [-0.2, -0.15) is 13.2 Å². The molecule has 1 aliphatic carbocycles. The molecule has 9 nitrogen and oxygen atoms in total. The fraction of sp³-hybridized carbons (Fsp3) is 0.536. The standard InChI is InChI=1S/C28H34F4N2O7/c1-16-5-7-18(8-6-16)26(36)34(19(14-38-2)15-39-3)23-11-22(29)24(10-20(23)27(37)40-4)41-25-21(28(30,31)32)9-17(13-35)12-33-25/h9-12,16,18-19,35H,5-8,13-15H2,1-4H3. The van der Waals surface area contributed by atoms with Crippen molar-refractivity contribution in [3.05, 3.63) is 46.9 Å². The molecule has 1 heterocycles. The van der Waals surface area contributed by atoms with Crippen molar-refractivity contribution < 1.29 is 51.2 Å². The molecule has 1 N–H and O–H groups in total. The van der Waals surface area contributed by atoms with Gasteiger partial charge in [0, 0.05) is 38.5 Å². The number of rotatable bonds is 11. The van der Waals surface area contributed by atoms with Crippen LogP contribution >= 0.6 is 0 Å². The Morgan fingerprint density at radius 3 is 2.24 bits per heavy atom. The van der Waals surface area contributed by atoms with E-state index in [1.807, 2.05) is 0 Å². The molecule has 3 rings (SSSR count). The van der Waals surface area contributed by atoms with E-state index in [-0.39, 0.29) is 35.9 Å². The number of aliphatic hydroxyl groups is 1. The molecule has 1 aromatic carbocycles. The topological polar surface area (TPSA) is 107 Å². The molecule has 1 aliphatic rings. The molecule has 1 fully saturated rings. The van der Waals surface area contributed by atoms with Crippen LogP contribution in [0.5, 0.6) is 11.6 Å². The number of esters is 1. The predicted molar refractivity (Wildman–Crippen MR) is 139 cm³/mol. The van der Waals surface area contributed by atoms with Crippen molar-refractivity contribution >= 4 is 17.6 Å². The molecule has 0 unspecified atom stereocenters. The molecule has 0 atom stereocenters. The minimum absolute atomic E-state index is 0.0146. The Morgan fingerprint density at radius 1 is 1.07 bits per heavy atom. The summed E-state index contributed by atoms with van der Waals surface area (Å²) in [6.07, 6.45) is -1.17. The Balaban J connectivity index is 2.15. The van der Waals surface area contributed by atoms with Gasteiger partial charge in [0.1, 0.15) is 5.56 Å². The SMILES string of the molecule is COCC(COC)N(C(=O)C1CCC(C)CC1)c1cc(F)c(Oc2ncc(CO)cc2C(F)(F)F)cc1C(=O)OC. The third kappa shape index (κ3) is 7.72. The molecule has 1 aromatic heterocycles. The van der Waals surface area contributed by atoms with Crippen LogP contribution in [0.15, 0.2) is 24.4 Å². The zero-order valence-electron chi connectivity index (χ0n) is 23.3. The Bertz CT molecular complexity index is 1210. The number of anilines is 1. The van der Waals surface area contributed by atoms with Gasteiger partial charge in [0.05, 0.1) is 44.2 Å². The molecular weight excluding hydrogens is 552 g/mol. The first-order valence-electron chi connectivity index (χ1n) is 13.0. The lowest BCUT2D eigenvalue weighted by Crippen LogP contribution is -2.49. The number of halogens is 4. The maximum absolute atomic E-state index is 15.6. The van der Waals surface area contributed by atoms with Crippen LogP contribution in [0.3, 0.4) is 0 Å². The van der Waals surface area contributed by atoms with Crippen molar-refractivity contribution in [1.29, 1.82) is 0 Å². The molecule has 41 heavy (non-hydrogen) atoms. The van der Waals surface area contributed by atoms with E-state index in [0.29, 0.717) is 24.8 Å². The first kappa shape index (κ1) is 32.2. The second-order valence-electron chi connectivity index (χ2n) is 9.98. The lowest BCUT2D eigenvalue weighted by atomic mass is 9.82. The predicted octanol–water partition coefficient (Wildman–Crippen LogP) is 5.13. The van der Waals surface area contributed by atoms with Gasteiger partial charge in [0.2, 0.25) is 11.8 Å². The molecule has 0 bridgehead atoms. The number of amides is 1. The summed E-state index contributed by atoms with van der Waals surface area (Å²) in [7, 11) is 3.91. The average Bonchev–Trinajstić information content (AvgIpc) is 2.94. The molecular formula is C28H34F4N2O7. The Labute approximate surface area is 235 Å². The van der Waals surface area contributed by atoms with Crippen LogP contribution in [0.25, 0.3) is 0 Å². The summed E-state index contributed by atoms with van der Waals surface area (Å²) in [6, 6.07) is 1.58. The van der Waals surface area contributed by atoms with E-state index in [1.165, 1.54) is 19.1 Å². The van der Waals surface area contributed by atoms with Crippen LogP contribution in [0.4, 0.5) is 23.2 Å². The van der Waals surface area contributed by atoms with Gasteiger partial charge in [-0.25, -0.2) is 14.2 Å². The lowest BCUT2D eigenvalue weighted by molar-refractivity contribution is -0.139. The minimum atomic E-state index is -4.94. The number of pyridine rings is 1. The minimum Gasteiger partial charge on any atom is -0.465 e. The van der Waals surface area contributed by atoms with Crippen molar-refractivity contribution in [1.82, 2.24) is 4.98 Å². The number of nitrogens with zero attached hydrogens (tertiary/aromatic N) is 2. The van der Waals surface area contributed by atoms with Crippen LogP contribution in [0.1, 0.15) is 54.1 Å². The van der Waals surface area contributed by atoms with Gasteiger partial charge in [-0.15, -0.1) is 0 Å². The molecule has 0 saturated heterocycles. The second kappa shape index (κ2) is 14.1. The smallest absolute Gasteiger partial charge is 0.421 e. The molecule has 1 saturated carbocycles. The van der Waals surface area contributed by atoms with E-state index in [4.69, 9.17) is 18.9 Å². The van der Waals surface area contributed by atoms with Crippen LogP contribution in [0.2, 0.25) is 0 Å². The normalized spacial score (nSPS) is 17.4. The molecule has 0 spiro atoms. The summed E-state index contributed by atoms with van der Waals surface area (Å²) in [5.41, 5.74) is -1.97. The first-order valence-corrected chi connectivity index (χ1v) is 13.0. The number of benzene rings is 1. The van der Waals surface area contributed by atoms with Crippen LogP contribution < -0.4 is 9.64 Å². The summed E-state index contributed by atoms with van der Waals surface area (Å²) in [6.45, 7) is 1.36. The molecule has 1 amide bonds. The summed E-state index contributed by atoms with van der Waals surface area (Å²) in [4.78, 5) is 31.7. The monoisotopic (exact) mass is 586 g/mol. The van der Waals surface area contributed by atoms with E-state index >= 15 is 4.39 Å². The third-order valence-corrected chi connectivity index (χ3v) is 7.00. The maximum atomic E-state index is 15.6. The molecule has 0 aliphatic heterocycles. The number of aromatic nitrogens is 1. The van der Waals surface area contributed by atoms with Crippen LogP contribution in [0, 0.1) is 17.7 Å². The van der Waals surface area contributed by atoms with E-state index in [0.717, 1.165) is 38.3 Å². The number of aliphatic hydroxyl groups excluding tert-OH is 1. The third-order valence-electron chi connectivity index (χ3n) is 7.00. The number of carbonyl (C=O) groups is 2. The quantitative estimate of drug-likeness (QED) is 0.285. The highest BCUT2D eigenvalue weighted by atomic mass is 19.4. The average molecular weight is 587 g/mol. The Kier molecular flexibility index (Phi) is 11.0. The fourth-order valence-corrected chi connectivity index (χ4v) is 4.85. The highest BCUT2D eigenvalue weighted by Gasteiger charge is 2.38. The van der Waals surface area contributed by atoms with E-state index in [1.54, 1.807) is 0 Å². The number of methoxy groups -OCH3 is 3. The number of carbonyl (C=O) groups excluding carboxylic acids is 2. The van der Waals surface area contributed by atoms with Crippen molar-refractivity contribution in [3.8, 4) is 11.6 Å². The molecule has 2 aromatic rings. The van der Waals surface area contributed by atoms with Gasteiger partial charge in [0.15, 0.2) is 11.6 Å². The van der Waals surface area contributed by atoms with Gasteiger partial charge < -0.3 is 29.0 Å². The van der Waals surface area contributed by atoms with Crippen molar-refractivity contribution in [2.24, 2.45) is 11.8 Å². The van der Waals surface area contributed by atoms with E-state index in [2.05, 4.69) is 11.9 Å². The van der Waals surface area contributed by atoms with Crippen molar-refractivity contribution in [2.45, 2.75) is 51.4 Å². The van der Waals surface area contributed by atoms with E-state index < -0.39 is 53.7 Å². The van der Waals surface area contributed by atoms with Gasteiger partial charge in [-0.1, -0.05) is 6.92 Å². The van der Waals surface area contributed by atoms with Gasteiger partial charge >= 0.3 is 12.1 Å². The molecule has 13 heteroatoms. The first-order chi connectivity index (χ1) is 19.4. The highest BCUT2D eigenvalue weighted by Crippen LogP contribution is 2.40. The highest BCUT2D eigenvalue weighted by molar-refractivity contribution is 6.04. The van der Waals surface area contributed by atoms with Crippen molar-refractivity contribution in [2.75, 3.05) is 39.4 Å². The number of ether oxygens (including phenoxy) is 4. The lowest BCUT2D eigenvalue weighted by Gasteiger charge is -2.36. The van der Waals surface area contributed by atoms with E-state index in [9.17, 15) is 27.9 Å². The van der Waals surface area contributed by atoms with Gasteiger partial charge in [-0.3, -0.25) is 4.79 Å². The Morgan fingerprint density at radius 2 is 1.71 bits per heavy atom. The molecule has 0 radical (unpaired) electrons. The number of alkyl halides is 3. The summed E-state index contributed by atoms with van der Waals surface area (Å²) < 4.78 is 77.3. The number of hydrogen-bond donors (Lipinski definition) is 1. The van der Waals surface area contributed by atoms with Crippen molar-refractivity contribution in [3.63, 3.8) is 0 Å². The summed E-state index contributed by atoms with van der Waals surface area (Å²) >= 11 is 0.